The van der Waals surface area contributed by atoms with Crippen molar-refractivity contribution in [2.24, 2.45) is 11.7 Å². The smallest absolute Gasteiger partial charge is 0.0951 e. The quantitative estimate of drug-likeness (QED) is 0.776. The van der Waals surface area contributed by atoms with Crippen LogP contribution in [-0.4, -0.2) is 22.6 Å². The van der Waals surface area contributed by atoms with Crippen LogP contribution in [0.4, 0.5) is 0 Å². The van der Waals surface area contributed by atoms with Gasteiger partial charge in [0, 0.05) is 18.8 Å². The molecule has 4 heteroatoms. The predicted octanol–water partition coefficient (Wildman–Crippen LogP) is 2.00. The Balaban J connectivity index is 1.54. The summed E-state index contributed by atoms with van der Waals surface area (Å²) in [5.74, 6) is 0.962. The predicted molar refractivity (Wildman–Crippen MR) is 72.3 cm³/mol. The molecule has 1 heterocycles. The van der Waals surface area contributed by atoms with Crippen molar-refractivity contribution in [3.8, 4) is 0 Å². The molecular weight excluding hydrogens is 224 g/mol. The second kappa shape index (κ2) is 5.41. The van der Waals surface area contributed by atoms with E-state index in [4.69, 9.17) is 5.73 Å². The minimum absolute atomic E-state index is 0.271. The highest BCUT2D eigenvalue weighted by molar-refractivity contribution is 5.09. The topological polar surface area (TPSA) is 55.9 Å². The molecule has 4 nitrogen and oxygen atoms in total. The van der Waals surface area contributed by atoms with Crippen molar-refractivity contribution in [2.45, 2.75) is 50.6 Å². The lowest BCUT2D eigenvalue weighted by atomic mass is 9.83. The Bertz CT molecular complexity index is 379. The molecule has 1 unspecified atom stereocenters. The molecule has 2 aliphatic rings. The van der Waals surface area contributed by atoms with Crippen molar-refractivity contribution < 1.29 is 0 Å². The Morgan fingerprint density at radius 2 is 2.22 bits per heavy atom. The van der Waals surface area contributed by atoms with Gasteiger partial charge < -0.3 is 15.6 Å². The molecule has 100 valence electrons. The number of nitrogens with two attached hydrogens (primary N) is 1. The number of rotatable bonds is 7. The maximum absolute atomic E-state index is 5.91. The van der Waals surface area contributed by atoms with Gasteiger partial charge in [-0.15, -0.1) is 0 Å². The first-order chi connectivity index (χ1) is 8.88. The number of hydrogen-bond acceptors (Lipinski definition) is 3. The second-order valence-electron chi connectivity index (χ2n) is 5.78. The zero-order valence-electron chi connectivity index (χ0n) is 11.0. The van der Waals surface area contributed by atoms with E-state index in [2.05, 4.69) is 14.9 Å². The van der Waals surface area contributed by atoms with Crippen LogP contribution < -0.4 is 11.1 Å². The van der Waals surface area contributed by atoms with Crippen molar-refractivity contribution in [3.05, 3.63) is 18.2 Å². The average molecular weight is 248 g/mol. The Hall–Kier alpha value is -0.870. The molecule has 2 saturated carbocycles. The van der Waals surface area contributed by atoms with Crippen molar-refractivity contribution in [3.63, 3.8) is 0 Å². The molecule has 0 aliphatic heterocycles. The molecule has 0 spiro atoms. The lowest BCUT2D eigenvalue weighted by molar-refractivity contribution is 0.287. The van der Waals surface area contributed by atoms with E-state index in [0.717, 1.165) is 12.5 Å². The Morgan fingerprint density at radius 3 is 2.83 bits per heavy atom. The Kier molecular flexibility index (Phi) is 3.66. The summed E-state index contributed by atoms with van der Waals surface area (Å²) in [4.78, 5) is 4.29. The summed E-state index contributed by atoms with van der Waals surface area (Å²) in [7, 11) is 0. The molecule has 0 radical (unpaired) electrons. The second-order valence-corrected chi connectivity index (χ2v) is 5.78. The fraction of sp³-hybridized carbons (Fsp3) is 0.786. The fourth-order valence-corrected chi connectivity index (χ4v) is 2.79. The van der Waals surface area contributed by atoms with Crippen molar-refractivity contribution in [1.29, 1.82) is 0 Å². The fourth-order valence-electron chi connectivity index (χ4n) is 2.79. The Morgan fingerprint density at radius 1 is 1.39 bits per heavy atom. The first-order valence-corrected chi connectivity index (χ1v) is 7.33. The van der Waals surface area contributed by atoms with E-state index in [-0.39, 0.29) is 6.04 Å². The summed E-state index contributed by atoms with van der Waals surface area (Å²) in [5, 5.41) is 3.61. The lowest BCUT2D eigenvalue weighted by Gasteiger charge is -2.26. The lowest BCUT2D eigenvalue weighted by Crippen LogP contribution is -2.32. The third-order valence-corrected chi connectivity index (χ3v) is 4.40. The SMILES string of the molecule is NCC(NCCC1CCC1)c1cncn1C1CC1. The van der Waals surface area contributed by atoms with Gasteiger partial charge in [-0.05, 0) is 31.7 Å². The van der Waals surface area contributed by atoms with E-state index in [1.165, 1.54) is 44.2 Å². The van der Waals surface area contributed by atoms with Gasteiger partial charge in [0.2, 0.25) is 0 Å². The first kappa shape index (κ1) is 12.2. The van der Waals surface area contributed by atoms with Crippen LogP contribution in [0.2, 0.25) is 0 Å². The molecule has 0 bridgehead atoms. The molecule has 0 amide bonds. The molecule has 1 aromatic rings. The van der Waals surface area contributed by atoms with E-state index in [1.54, 1.807) is 0 Å². The molecule has 18 heavy (non-hydrogen) atoms. The maximum Gasteiger partial charge on any atom is 0.0951 e. The van der Waals surface area contributed by atoms with Crippen LogP contribution in [-0.2, 0) is 0 Å². The minimum atomic E-state index is 0.271. The molecule has 1 aromatic heterocycles. The van der Waals surface area contributed by atoms with Crippen LogP contribution in [0.15, 0.2) is 12.5 Å². The standard InChI is InChI=1S/C14H24N4/c15-8-13(17-7-6-11-2-1-3-11)14-9-16-10-18(14)12-4-5-12/h9-13,17H,1-8,15H2. The molecule has 3 N–H and O–H groups in total. The summed E-state index contributed by atoms with van der Waals surface area (Å²) in [6.07, 6.45) is 12.1. The van der Waals surface area contributed by atoms with E-state index in [0.29, 0.717) is 12.6 Å². The monoisotopic (exact) mass is 248 g/mol. The van der Waals surface area contributed by atoms with Gasteiger partial charge in [-0.1, -0.05) is 19.3 Å². The van der Waals surface area contributed by atoms with Gasteiger partial charge in [0.25, 0.3) is 0 Å². The molecular formula is C14H24N4. The number of nitrogens with zero attached hydrogens (tertiary/aromatic N) is 2. The number of hydrogen-bond donors (Lipinski definition) is 2. The van der Waals surface area contributed by atoms with Gasteiger partial charge in [-0.2, -0.15) is 0 Å². The highest BCUT2D eigenvalue weighted by Gasteiger charge is 2.27. The van der Waals surface area contributed by atoms with Gasteiger partial charge in [0.1, 0.15) is 0 Å². The van der Waals surface area contributed by atoms with Crippen LogP contribution in [0.25, 0.3) is 0 Å². The average Bonchev–Trinajstić information content (AvgIpc) is 3.06. The summed E-state index contributed by atoms with van der Waals surface area (Å²) >= 11 is 0. The molecule has 0 saturated heterocycles. The largest absolute Gasteiger partial charge is 0.330 e. The molecule has 1 atom stereocenters. The van der Waals surface area contributed by atoms with E-state index in [9.17, 15) is 0 Å². The molecule has 3 rings (SSSR count). The minimum Gasteiger partial charge on any atom is -0.330 e. The van der Waals surface area contributed by atoms with Crippen LogP contribution >= 0.6 is 0 Å². The number of aromatic nitrogens is 2. The molecule has 2 fully saturated rings. The third-order valence-electron chi connectivity index (χ3n) is 4.40. The summed E-state index contributed by atoms with van der Waals surface area (Å²) < 4.78 is 2.31. The first-order valence-electron chi connectivity index (χ1n) is 7.33. The van der Waals surface area contributed by atoms with Gasteiger partial charge in [-0.3, -0.25) is 0 Å². The molecule has 0 aromatic carbocycles. The normalized spacial score (nSPS) is 21.8. The van der Waals surface area contributed by atoms with Gasteiger partial charge in [-0.25, -0.2) is 4.98 Å². The summed E-state index contributed by atoms with van der Waals surface area (Å²) in [6.45, 7) is 1.74. The maximum atomic E-state index is 5.91. The van der Waals surface area contributed by atoms with E-state index in [1.807, 2.05) is 12.5 Å². The Labute approximate surface area is 109 Å². The van der Waals surface area contributed by atoms with Crippen LogP contribution in [0.5, 0.6) is 0 Å². The summed E-state index contributed by atoms with van der Waals surface area (Å²) in [5.41, 5.74) is 7.19. The number of imidazole rings is 1. The molecule has 2 aliphatic carbocycles. The van der Waals surface area contributed by atoms with Gasteiger partial charge in [0.15, 0.2) is 0 Å². The van der Waals surface area contributed by atoms with Gasteiger partial charge >= 0.3 is 0 Å². The van der Waals surface area contributed by atoms with E-state index >= 15 is 0 Å². The highest BCUT2D eigenvalue weighted by Crippen LogP contribution is 2.36. The van der Waals surface area contributed by atoms with Crippen LogP contribution in [0.3, 0.4) is 0 Å². The van der Waals surface area contributed by atoms with E-state index < -0.39 is 0 Å². The van der Waals surface area contributed by atoms with Crippen molar-refractivity contribution in [1.82, 2.24) is 14.9 Å². The zero-order valence-corrected chi connectivity index (χ0v) is 11.0. The highest BCUT2D eigenvalue weighted by atomic mass is 15.1. The van der Waals surface area contributed by atoms with Crippen molar-refractivity contribution >= 4 is 0 Å². The van der Waals surface area contributed by atoms with Gasteiger partial charge in [0.05, 0.1) is 18.1 Å². The third kappa shape index (κ3) is 2.59. The summed E-state index contributed by atoms with van der Waals surface area (Å²) in [6, 6.07) is 0.957. The van der Waals surface area contributed by atoms with Crippen LogP contribution in [0.1, 0.15) is 56.3 Å². The zero-order chi connectivity index (χ0) is 12.4. The number of nitrogens with one attached hydrogen (secondary N) is 1. The van der Waals surface area contributed by atoms with Crippen molar-refractivity contribution in [2.75, 3.05) is 13.1 Å². The van der Waals surface area contributed by atoms with Crippen LogP contribution in [0, 0.1) is 5.92 Å².